The molecule has 0 aliphatic carbocycles. The van der Waals surface area contributed by atoms with Crippen LogP contribution in [0, 0.1) is 5.92 Å². The van der Waals surface area contributed by atoms with E-state index in [1.165, 1.54) is 0 Å². The number of fused-ring (bicyclic) bond motifs is 2. The van der Waals surface area contributed by atoms with Crippen LogP contribution >= 0.6 is 0 Å². The zero-order valence-corrected chi connectivity index (χ0v) is 22.1. The number of nitrogens with one attached hydrogen (secondary N) is 1. The molecule has 3 atom stereocenters. The number of anilines is 2. The highest BCUT2D eigenvalue weighted by atomic mass is 16.5. The predicted molar refractivity (Wildman–Crippen MR) is 148 cm³/mol. The van der Waals surface area contributed by atoms with Crippen molar-refractivity contribution in [2.75, 3.05) is 51.1 Å². The molecule has 0 bridgehead atoms. The summed E-state index contributed by atoms with van der Waals surface area (Å²) in [7, 11) is 5.57. The van der Waals surface area contributed by atoms with Crippen LogP contribution in [-0.4, -0.2) is 79.8 Å². The first-order chi connectivity index (χ1) is 17.7. The number of ether oxygens (including phenoxy) is 1. The number of carbonyl (C=O) groups is 2. The first-order valence-electron chi connectivity index (χ1n) is 12.6. The Morgan fingerprint density at radius 2 is 1.86 bits per heavy atom. The van der Waals surface area contributed by atoms with Gasteiger partial charge in [0.1, 0.15) is 11.9 Å². The SMILES string of the molecule is C[C@@H]1CN([C@H](C)CO)C(=O)c2cc(N(C)C)ccc2O[C@@H]1CN(C)C(=O)Nc1cccc2ccccc12. The molecule has 0 spiro atoms. The van der Waals surface area contributed by atoms with Gasteiger partial charge in [-0.2, -0.15) is 0 Å². The van der Waals surface area contributed by atoms with Gasteiger partial charge in [-0.25, -0.2) is 4.79 Å². The Bertz CT molecular complexity index is 1270. The Balaban J connectivity index is 1.59. The third-order valence-electron chi connectivity index (χ3n) is 7.00. The molecule has 4 rings (SSSR count). The Kier molecular flexibility index (Phi) is 7.88. The highest BCUT2D eigenvalue weighted by Crippen LogP contribution is 2.31. The van der Waals surface area contributed by atoms with Crippen LogP contribution in [0.5, 0.6) is 5.75 Å². The van der Waals surface area contributed by atoms with Gasteiger partial charge in [-0.15, -0.1) is 0 Å². The quantitative estimate of drug-likeness (QED) is 0.523. The summed E-state index contributed by atoms with van der Waals surface area (Å²) in [6.07, 6.45) is -0.367. The maximum Gasteiger partial charge on any atom is 0.321 e. The van der Waals surface area contributed by atoms with Gasteiger partial charge in [0.15, 0.2) is 0 Å². The Morgan fingerprint density at radius 3 is 2.59 bits per heavy atom. The van der Waals surface area contributed by atoms with Gasteiger partial charge < -0.3 is 29.9 Å². The number of benzene rings is 3. The van der Waals surface area contributed by atoms with Crippen molar-refractivity contribution in [2.24, 2.45) is 5.92 Å². The van der Waals surface area contributed by atoms with Crippen molar-refractivity contribution in [1.29, 1.82) is 0 Å². The summed E-state index contributed by atoms with van der Waals surface area (Å²) >= 11 is 0. The number of rotatable bonds is 6. The number of nitrogens with zero attached hydrogens (tertiary/aromatic N) is 3. The Morgan fingerprint density at radius 1 is 1.14 bits per heavy atom. The monoisotopic (exact) mass is 504 g/mol. The number of amides is 3. The van der Waals surface area contributed by atoms with E-state index in [-0.39, 0.29) is 36.6 Å². The van der Waals surface area contributed by atoms with E-state index in [0.717, 1.165) is 22.1 Å². The first kappa shape index (κ1) is 26.3. The molecule has 1 aliphatic heterocycles. The maximum absolute atomic E-state index is 13.5. The number of hydrogen-bond donors (Lipinski definition) is 2. The molecule has 196 valence electrons. The van der Waals surface area contributed by atoms with Crippen LogP contribution in [-0.2, 0) is 0 Å². The van der Waals surface area contributed by atoms with E-state index >= 15 is 0 Å². The van der Waals surface area contributed by atoms with E-state index in [1.807, 2.05) is 93.5 Å². The van der Waals surface area contributed by atoms with Crippen molar-refractivity contribution in [3.8, 4) is 5.75 Å². The van der Waals surface area contributed by atoms with E-state index in [1.54, 1.807) is 16.8 Å². The van der Waals surface area contributed by atoms with Crippen molar-refractivity contribution >= 4 is 34.1 Å². The second-order valence-corrected chi connectivity index (χ2v) is 10.0. The van der Waals surface area contributed by atoms with Crippen LogP contribution in [0.25, 0.3) is 10.8 Å². The molecule has 3 aromatic carbocycles. The fourth-order valence-electron chi connectivity index (χ4n) is 4.60. The molecule has 37 heavy (non-hydrogen) atoms. The van der Waals surface area contributed by atoms with Crippen LogP contribution in [0.2, 0.25) is 0 Å². The van der Waals surface area contributed by atoms with Crippen LogP contribution in [0.4, 0.5) is 16.2 Å². The summed E-state index contributed by atoms with van der Waals surface area (Å²) in [6, 6.07) is 18.7. The molecular formula is C29H36N4O4. The molecule has 1 heterocycles. The molecule has 0 unspecified atom stereocenters. The summed E-state index contributed by atoms with van der Waals surface area (Å²) in [5, 5.41) is 14.9. The Labute approximate surface area is 218 Å². The lowest BCUT2D eigenvalue weighted by atomic mass is 9.99. The highest BCUT2D eigenvalue weighted by Gasteiger charge is 2.34. The second kappa shape index (κ2) is 11.1. The van der Waals surface area contributed by atoms with Crippen LogP contribution in [0.3, 0.4) is 0 Å². The largest absolute Gasteiger partial charge is 0.487 e. The molecule has 0 saturated carbocycles. The number of carbonyl (C=O) groups excluding carboxylic acids is 2. The van der Waals surface area contributed by atoms with E-state index in [2.05, 4.69) is 5.32 Å². The maximum atomic E-state index is 13.5. The average Bonchev–Trinajstić information content (AvgIpc) is 2.89. The summed E-state index contributed by atoms with van der Waals surface area (Å²) in [4.78, 5) is 31.9. The molecule has 0 fully saturated rings. The minimum absolute atomic E-state index is 0.0903. The van der Waals surface area contributed by atoms with Crippen LogP contribution in [0.15, 0.2) is 60.7 Å². The molecule has 0 saturated heterocycles. The molecule has 1 aliphatic rings. The van der Waals surface area contributed by atoms with Gasteiger partial charge in [0.05, 0.1) is 30.4 Å². The van der Waals surface area contributed by atoms with Crippen molar-refractivity contribution in [1.82, 2.24) is 9.80 Å². The van der Waals surface area contributed by atoms with Crippen molar-refractivity contribution in [2.45, 2.75) is 26.0 Å². The number of hydrogen-bond acceptors (Lipinski definition) is 5. The van der Waals surface area contributed by atoms with Crippen molar-refractivity contribution in [3.63, 3.8) is 0 Å². The molecule has 3 aromatic rings. The molecule has 3 amide bonds. The predicted octanol–water partition coefficient (Wildman–Crippen LogP) is 4.29. The molecule has 8 nitrogen and oxygen atoms in total. The van der Waals surface area contributed by atoms with E-state index in [4.69, 9.17) is 4.74 Å². The van der Waals surface area contributed by atoms with Crippen molar-refractivity contribution in [3.05, 3.63) is 66.2 Å². The minimum Gasteiger partial charge on any atom is -0.487 e. The third-order valence-corrected chi connectivity index (χ3v) is 7.00. The second-order valence-electron chi connectivity index (χ2n) is 10.0. The number of likely N-dealkylation sites (N-methyl/N-ethyl adjacent to an activating group) is 1. The summed E-state index contributed by atoms with van der Waals surface area (Å²) in [5.41, 5.74) is 2.08. The van der Waals surface area contributed by atoms with Crippen LogP contribution in [0.1, 0.15) is 24.2 Å². The topological polar surface area (TPSA) is 85.4 Å². The average molecular weight is 505 g/mol. The minimum atomic E-state index is -0.367. The normalized spacial score (nSPS) is 18.3. The first-order valence-corrected chi connectivity index (χ1v) is 12.6. The summed E-state index contributed by atoms with van der Waals surface area (Å²) in [5.74, 6) is 0.213. The lowest BCUT2D eigenvalue weighted by Gasteiger charge is -2.38. The highest BCUT2D eigenvalue weighted by molar-refractivity contribution is 6.01. The van der Waals surface area contributed by atoms with Gasteiger partial charge in [0.2, 0.25) is 0 Å². The molecule has 0 radical (unpaired) electrons. The van der Waals surface area contributed by atoms with Gasteiger partial charge >= 0.3 is 6.03 Å². The fourth-order valence-corrected chi connectivity index (χ4v) is 4.60. The zero-order chi connectivity index (χ0) is 26.7. The number of urea groups is 1. The standard InChI is InChI=1S/C29H36N4O4/c1-19-16-33(20(2)18-34)28(35)24-15-22(31(3)4)13-14-26(24)37-27(19)17-32(5)29(36)30-25-12-8-10-21-9-6-7-11-23(21)25/h6-15,19-20,27,34H,16-18H2,1-5H3,(H,30,36)/t19-,20-,27-/m1/s1. The molecule has 2 N–H and O–H groups in total. The van der Waals surface area contributed by atoms with Gasteiger partial charge in [-0.05, 0) is 36.6 Å². The van der Waals surface area contributed by atoms with Gasteiger partial charge in [0, 0.05) is 44.7 Å². The summed E-state index contributed by atoms with van der Waals surface area (Å²) < 4.78 is 6.41. The van der Waals surface area contributed by atoms with E-state index in [9.17, 15) is 14.7 Å². The van der Waals surface area contributed by atoms with Crippen LogP contribution < -0.4 is 15.0 Å². The number of aliphatic hydroxyl groups is 1. The van der Waals surface area contributed by atoms with Gasteiger partial charge in [-0.1, -0.05) is 43.3 Å². The fraction of sp³-hybridized carbons (Fsp3) is 0.379. The zero-order valence-electron chi connectivity index (χ0n) is 22.1. The lowest BCUT2D eigenvalue weighted by Crippen LogP contribution is -2.50. The molecule has 8 heteroatoms. The van der Waals surface area contributed by atoms with Crippen molar-refractivity contribution < 1.29 is 19.4 Å². The summed E-state index contributed by atoms with van der Waals surface area (Å²) in [6.45, 7) is 4.42. The molecular weight excluding hydrogens is 468 g/mol. The number of aliphatic hydroxyl groups excluding tert-OH is 1. The molecule has 0 aromatic heterocycles. The lowest BCUT2D eigenvalue weighted by molar-refractivity contribution is 0.0371. The smallest absolute Gasteiger partial charge is 0.321 e. The van der Waals surface area contributed by atoms with Gasteiger partial charge in [-0.3, -0.25) is 4.79 Å². The third kappa shape index (κ3) is 5.64. The van der Waals surface area contributed by atoms with E-state index in [0.29, 0.717) is 24.4 Å². The van der Waals surface area contributed by atoms with Gasteiger partial charge in [0.25, 0.3) is 5.91 Å². The van der Waals surface area contributed by atoms with E-state index < -0.39 is 0 Å². The Hall–Kier alpha value is -3.78.